The van der Waals surface area contributed by atoms with E-state index in [1.54, 1.807) is 0 Å². The molecule has 4 nitrogen and oxygen atoms in total. The second-order valence-corrected chi connectivity index (χ2v) is 6.25. The molecule has 2 rings (SSSR count). The van der Waals surface area contributed by atoms with Gasteiger partial charge in [0.1, 0.15) is 0 Å². The molecule has 1 N–H and O–H groups in total. The highest BCUT2D eigenvalue weighted by molar-refractivity contribution is 5.78. The Morgan fingerprint density at radius 2 is 1.84 bits per heavy atom. The van der Waals surface area contributed by atoms with Crippen LogP contribution in [0, 0.1) is 11.8 Å². The number of amides is 1. The monoisotopic (exact) mass is 267 g/mol. The summed E-state index contributed by atoms with van der Waals surface area (Å²) in [5.41, 5.74) is 0. The minimum atomic E-state index is -0.811. The van der Waals surface area contributed by atoms with Gasteiger partial charge in [-0.15, -0.1) is 0 Å². The maximum atomic E-state index is 12.4. The van der Waals surface area contributed by atoms with Crippen LogP contribution in [0.15, 0.2) is 0 Å². The van der Waals surface area contributed by atoms with Crippen molar-refractivity contribution in [3.8, 4) is 0 Å². The Bertz CT molecular complexity index is 340. The van der Waals surface area contributed by atoms with Crippen LogP contribution in [0.25, 0.3) is 0 Å². The van der Waals surface area contributed by atoms with Gasteiger partial charge in [0.05, 0.1) is 0 Å². The molecule has 0 aromatic heterocycles. The van der Waals surface area contributed by atoms with Crippen molar-refractivity contribution in [1.82, 2.24) is 4.90 Å². The molecule has 1 saturated heterocycles. The highest BCUT2D eigenvalue weighted by atomic mass is 16.4. The van der Waals surface area contributed by atoms with E-state index in [4.69, 9.17) is 5.11 Å². The number of likely N-dealkylation sites (tertiary alicyclic amines) is 1. The van der Waals surface area contributed by atoms with Crippen molar-refractivity contribution in [1.29, 1.82) is 0 Å². The standard InChI is InChI=1S/C15H25NO3/c1-11(10-15(18)19)9-14(17)16-8-4-6-12-5-2-3-7-13(12)16/h11-13H,2-10H2,1H3,(H,18,19)/t11?,12-,13-/m1/s1. The van der Waals surface area contributed by atoms with Crippen LogP contribution >= 0.6 is 0 Å². The summed E-state index contributed by atoms with van der Waals surface area (Å²) in [5.74, 6) is -0.00460. The molecule has 0 aromatic carbocycles. The minimum absolute atomic E-state index is 0.0611. The number of nitrogens with zero attached hydrogens (tertiary/aromatic N) is 1. The first kappa shape index (κ1) is 14.4. The SMILES string of the molecule is CC(CC(=O)O)CC(=O)N1CCC[C@H]2CCCC[C@H]21. The van der Waals surface area contributed by atoms with Crippen LogP contribution in [0.2, 0.25) is 0 Å². The third-order valence-electron chi connectivity index (χ3n) is 4.61. The van der Waals surface area contributed by atoms with Crippen LogP contribution in [-0.2, 0) is 9.59 Å². The molecule has 19 heavy (non-hydrogen) atoms. The van der Waals surface area contributed by atoms with E-state index in [1.807, 2.05) is 6.92 Å². The lowest BCUT2D eigenvalue weighted by Crippen LogP contribution is -2.50. The Labute approximate surface area is 115 Å². The first-order valence-corrected chi connectivity index (χ1v) is 7.59. The summed E-state index contributed by atoms with van der Waals surface area (Å²) in [6, 6.07) is 0.437. The van der Waals surface area contributed by atoms with Crippen molar-refractivity contribution in [3.05, 3.63) is 0 Å². The van der Waals surface area contributed by atoms with Gasteiger partial charge in [0.25, 0.3) is 0 Å². The maximum absolute atomic E-state index is 12.4. The Kier molecular flexibility index (Phi) is 4.83. The molecule has 1 amide bonds. The predicted octanol–water partition coefficient (Wildman–Crippen LogP) is 2.67. The lowest BCUT2D eigenvalue weighted by atomic mass is 9.78. The number of fused-ring (bicyclic) bond motifs is 1. The lowest BCUT2D eigenvalue weighted by Gasteiger charge is -2.44. The summed E-state index contributed by atoms with van der Waals surface area (Å²) in [6.07, 6.45) is 7.79. The topological polar surface area (TPSA) is 57.6 Å². The normalized spacial score (nSPS) is 28.6. The van der Waals surface area contributed by atoms with Crippen molar-refractivity contribution in [3.63, 3.8) is 0 Å². The second kappa shape index (κ2) is 6.40. The van der Waals surface area contributed by atoms with E-state index in [1.165, 1.54) is 25.7 Å². The molecule has 1 unspecified atom stereocenters. The molecule has 3 atom stereocenters. The highest BCUT2D eigenvalue weighted by Gasteiger charge is 2.35. The molecule has 0 aromatic rings. The average molecular weight is 267 g/mol. The zero-order valence-corrected chi connectivity index (χ0v) is 11.8. The second-order valence-electron chi connectivity index (χ2n) is 6.25. The summed E-state index contributed by atoms with van der Waals surface area (Å²) in [4.78, 5) is 25.1. The number of carbonyl (C=O) groups is 2. The summed E-state index contributed by atoms with van der Waals surface area (Å²) < 4.78 is 0. The van der Waals surface area contributed by atoms with Gasteiger partial charge in [0, 0.05) is 25.4 Å². The van der Waals surface area contributed by atoms with E-state index in [-0.39, 0.29) is 18.2 Å². The van der Waals surface area contributed by atoms with E-state index >= 15 is 0 Å². The van der Waals surface area contributed by atoms with Crippen molar-refractivity contribution in [2.45, 2.75) is 64.3 Å². The van der Waals surface area contributed by atoms with Gasteiger partial charge in [-0.1, -0.05) is 19.8 Å². The van der Waals surface area contributed by atoms with Crippen molar-refractivity contribution in [2.24, 2.45) is 11.8 Å². The van der Waals surface area contributed by atoms with Gasteiger partial charge in [0.2, 0.25) is 5.91 Å². The summed E-state index contributed by atoms with van der Waals surface area (Å²) in [7, 11) is 0. The van der Waals surface area contributed by atoms with Gasteiger partial charge in [-0.2, -0.15) is 0 Å². The number of rotatable bonds is 4. The van der Waals surface area contributed by atoms with Gasteiger partial charge in [0.15, 0.2) is 0 Å². The van der Waals surface area contributed by atoms with Crippen LogP contribution < -0.4 is 0 Å². The predicted molar refractivity (Wildman–Crippen MR) is 72.7 cm³/mol. The lowest BCUT2D eigenvalue weighted by molar-refractivity contribution is -0.140. The van der Waals surface area contributed by atoms with Crippen molar-refractivity contribution in [2.75, 3.05) is 6.54 Å². The molecule has 0 radical (unpaired) electrons. The minimum Gasteiger partial charge on any atom is -0.481 e. The maximum Gasteiger partial charge on any atom is 0.303 e. The van der Waals surface area contributed by atoms with Crippen LogP contribution in [0.4, 0.5) is 0 Å². The summed E-state index contributed by atoms with van der Waals surface area (Å²) in [5, 5.41) is 8.77. The van der Waals surface area contributed by atoms with E-state index in [2.05, 4.69) is 4.90 Å². The van der Waals surface area contributed by atoms with Gasteiger partial charge in [-0.3, -0.25) is 9.59 Å². The van der Waals surface area contributed by atoms with Gasteiger partial charge >= 0.3 is 5.97 Å². The summed E-state index contributed by atoms with van der Waals surface area (Å²) in [6.45, 7) is 2.73. The van der Waals surface area contributed by atoms with Crippen molar-refractivity contribution >= 4 is 11.9 Å². The van der Waals surface area contributed by atoms with Gasteiger partial charge in [-0.05, 0) is 37.5 Å². The van der Waals surface area contributed by atoms with Crippen LogP contribution in [-0.4, -0.2) is 34.5 Å². The fourth-order valence-electron chi connectivity index (χ4n) is 3.72. The molecule has 0 bridgehead atoms. The molecule has 0 spiro atoms. The molecular formula is C15H25NO3. The molecule has 1 heterocycles. The number of piperidine rings is 1. The molecule has 1 aliphatic carbocycles. The Morgan fingerprint density at radius 3 is 2.58 bits per heavy atom. The Morgan fingerprint density at radius 1 is 1.16 bits per heavy atom. The molecule has 4 heteroatoms. The fourth-order valence-corrected chi connectivity index (χ4v) is 3.72. The largest absolute Gasteiger partial charge is 0.481 e. The summed E-state index contributed by atoms with van der Waals surface area (Å²) >= 11 is 0. The molecule has 1 saturated carbocycles. The van der Waals surface area contributed by atoms with Crippen LogP contribution in [0.1, 0.15) is 58.3 Å². The molecule has 2 aliphatic rings. The number of hydrogen-bond donors (Lipinski definition) is 1. The number of aliphatic carboxylic acids is 1. The van der Waals surface area contributed by atoms with Gasteiger partial charge in [-0.25, -0.2) is 0 Å². The quantitative estimate of drug-likeness (QED) is 0.852. The molecular weight excluding hydrogens is 242 g/mol. The fraction of sp³-hybridized carbons (Fsp3) is 0.867. The third-order valence-corrected chi connectivity index (χ3v) is 4.61. The van der Waals surface area contributed by atoms with Crippen LogP contribution in [0.5, 0.6) is 0 Å². The van der Waals surface area contributed by atoms with E-state index < -0.39 is 5.97 Å². The van der Waals surface area contributed by atoms with E-state index in [0.717, 1.165) is 19.4 Å². The third kappa shape index (κ3) is 3.71. The molecule has 2 fully saturated rings. The highest BCUT2D eigenvalue weighted by Crippen LogP contribution is 2.35. The number of carbonyl (C=O) groups excluding carboxylic acids is 1. The Balaban J connectivity index is 1.91. The van der Waals surface area contributed by atoms with E-state index in [0.29, 0.717) is 18.4 Å². The number of carboxylic acid groups (broad SMARTS) is 1. The first-order chi connectivity index (χ1) is 9.08. The van der Waals surface area contributed by atoms with Gasteiger partial charge < -0.3 is 10.0 Å². The number of carboxylic acids is 1. The zero-order valence-electron chi connectivity index (χ0n) is 11.8. The smallest absolute Gasteiger partial charge is 0.303 e. The molecule has 108 valence electrons. The zero-order chi connectivity index (χ0) is 13.8. The Hall–Kier alpha value is -1.06. The van der Waals surface area contributed by atoms with E-state index in [9.17, 15) is 9.59 Å². The molecule has 1 aliphatic heterocycles. The number of hydrogen-bond acceptors (Lipinski definition) is 2. The average Bonchev–Trinajstić information content (AvgIpc) is 2.36. The first-order valence-electron chi connectivity index (χ1n) is 7.59. The van der Waals surface area contributed by atoms with Crippen LogP contribution in [0.3, 0.4) is 0 Å². The van der Waals surface area contributed by atoms with Crippen molar-refractivity contribution < 1.29 is 14.7 Å².